The average molecular weight is 466 g/mol. The molecule has 0 radical (unpaired) electrons. The molecule has 0 aliphatic rings. The number of para-hydroxylation sites is 1. The van der Waals surface area contributed by atoms with Crippen LogP contribution >= 0.6 is 0 Å². The minimum absolute atomic E-state index is 0.102. The van der Waals surface area contributed by atoms with Crippen molar-refractivity contribution in [2.45, 2.75) is 25.4 Å². The van der Waals surface area contributed by atoms with Crippen LogP contribution in [0.15, 0.2) is 85.2 Å². The molecule has 0 saturated heterocycles. The Balaban J connectivity index is 1.55. The van der Waals surface area contributed by atoms with Gasteiger partial charge in [-0.25, -0.2) is 0 Å². The molecule has 176 valence electrons. The summed E-state index contributed by atoms with van der Waals surface area (Å²) in [5.74, 6) is 1.24. The summed E-state index contributed by atoms with van der Waals surface area (Å²) in [5, 5.41) is 13.3. The van der Waals surface area contributed by atoms with E-state index in [4.69, 9.17) is 5.73 Å². The molecule has 5 rings (SSSR count). The van der Waals surface area contributed by atoms with Gasteiger partial charge < -0.3 is 20.6 Å². The van der Waals surface area contributed by atoms with Gasteiger partial charge in [0.25, 0.3) is 0 Å². The van der Waals surface area contributed by atoms with Crippen molar-refractivity contribution < 1.29 is 4.79 Å². The van der Waals surface area contributed by atoms with E-state index in [0.29, 0.717) is 25.2 Å². The second kappa shape index (κ2) is 10.3. The molecule has 35 heavy (non-hydrogen) atoms. The van der Waals surface area contributed by atoms with E-state index in [1.165, 1.54) is 0 Å². The fraction of sp³-hybridized carbons (Fsp3) is 0.185. The van der Waals surface area contributed by atoms with Gasteiger partial charge in [0, 0.05) is 36.1 Å². The van der Waals surface area contributed by atoms with Crippen molar-refractivity contribution in [3.8, 4) is 0 Å². The molecular weight excluding hydrogens is 438 g/mol. The molecule has 4 N–H and O–H groups in total. The first-order valence-corrected chi connectivity index (χ1v) is 11.6. The smallest absolute Gasteiger partial charge is 0.234 e. The van der Waals surface area contributed by atoms with Crippen LogP contribution in [-0.4, -0.2) is 37.2 Å². The summed E-state index contributed by atoms with van der Waals surface area (Å²) in [5.41, 5.74) is 9.81. The van der Waals surface area contributed by atoms with E-state index < -0.39 is 6.04 Å². The number of benzene rings is 2. The van der Waals surface area contributed by atoms with E-state index >= 15 is 0 Å². The zero-order valence-electron chi connectivity index (χ0n) is 19.3. The molecule has 0 spiro atoms. The summed E-state index contributed by atoms with van der Waals surface area (Å²) >= 11 is 0. The molecule has 3 aromatic heterocycles. The van der Waals surface area contributed by atoms with E-state index in [0.717, 1.165) is 33.5 Å². The first kappa shape index (κ1) is 22.5. The maximum Gasteiger partial charge on any atom is 0.234 e. The SMILES string of the molecule is NCC(=O)N[C@H](Cc1c[nH]c2ccccc12)c1nnc(Cc2ccccc2)n1Cc1ccccn1. The van der Waals surface area contributed by atoms with Crippen molar-refractivity contribution in [2.75, 3.05) is 6.54 Å². The van der Waals surface area contributed by atoms with Crippen LogP contribution in [0.25, 0.3) is 10.9 Å². The van der Waals surface area contributed by atoms with Crippen LogP contribution in [0.2, 0.25) is 0 Å². The summed E-state index contributed by atoms with van der Waals surface area (Å²) in [4.78, 5) is 20.3. The van der Waals surface area contributed by atoms with Crippen LogP contribution < -0.4 is 11.1 Å². The molecule has 8 heteroatoms. The number of aromatic amines is 1. The largest absolute Gasteiger partial charge is 0.361 e. The zero-order valence-corrected chi connectivity index (χ0v) is 19.3. The maximum absolute atomic E-state index is 12.4. The molecule has 0 fully saturated rings. The van der Waals surface area contributed by atoms with Crippen LogP contribution in [0, 0.1) is 0 Å². The molecule has 5 aromatic rings. The molecule has 0 bridgehead atoms. The number of hydrogen-bond donors (Lipinski definition) is 3. The number of aromatic nitrogens is 5. The van der Waals surface area contributed by atoms with Gasteiger partial charge in [-0.15, -0.1) is 10.2 Å². The molecule has 8 nitrogen and oxygen atoms in total. The summed E-state index contributed by atoms with van der Waals surface area (Å²) in [7, 11) is 0. The van der Waals surface area contributed by atoms with Gasteiger partial charge in [-0.1, -0.05) is 54.6 Å². The summed E-state index contributed by atoms with van der Waals surface area (Å²) < 4.78 is 2.06. The average Bonchev–Trinajstić information content (AvgIpc) is 3.49. The standard InChI is InChI=1S/C27H27N7O/c28-16-26(35)31-24(15-20-17-30-23-12-5-4-11-22(20)23)27-33-32-25(14-19-8-2-1-3-9-19)34(27)18-21-10-6-7-13-29-21/h1-13,17,24,30H,14-16,18,28H2,(H,31,35)/t24-/m1/s1. The fourth-order valence-electron chi connectivity index (χ4n) is 4.32. The van der Waals surface area contributed by atoms with Crippen LogP contribution in [0.5, 0.6) is 0 Å². The Kier molecular flexibility index (Phi) is 6.63. The maximum atomic E-state index is 12.4. The lowest BCUT2D eigenvalue weighted by Crippen LogP contribution is -2.36. The number of amides is 1. The van der Waals surface area contributed by atoms with Crippen molar-refractivity contribution in [3.05, 3.63) is 114 Å². The number of fused-ring (bicyclic) bond motifs is 1. The highest BCUT2D eigenvalue weighted by molar-refractivity contribution is 5.83. The van der Waals surface area contributed by atoms with Gasteiger partial charge in [0.1, 0.15) is 5.82 Å². The Morgan fingerprint density at radius 1 is 1.00 bits per heavy atom. The molecule has 3 heterocycles. The number of carbonyl (C=O) groups is 1. The van der Waals surface area contributed by atoms with Gasteiger partial charge in [-0.05, 0) is 29.3 Å². The highest BCUT2D eigenvalue weighted by atomic mass is 16.1. The number of rotatable bonds is 9. The third kappa shape index (κ3) is 5.12. The van der Waals surface area contributed by atoms with E-state index in [-0.39, 0.29) is 12.5 Å². The third-order valence-electron chi connectivity index (χ3n) is 6.04. The van der Waals surface area contributed by atoms with Crippen LogP contribution in [-0.2, 0) is 24.2 Å². The number of H-pyrrole nitrogens is 1. The van der Waals surface area contributed by atoms with Gasteiger partial charge in [0.05, 0.1) is 24.8 Å². The van der Waals surface area contributed by atoms with Gasteiger partial charge in [0.15, 0.2) is 5.82 Å². The van der Waals surface area contributed by atoms with Crippen molar-refractivity contribution >= 4 is 16.8 Å². The van der Waals surface area contributed by atoms with Gasteiger partial charge in [-0.3, -0.25) is 9.78 Å². The van der Waals surface area contributed by atoms with Crippen LogP contribution in [0.1, 0.15) is 34.5 Å². The summed E-state index contributed by atoms with van der Waals surface area (Å²) in [6, 6.07) is 23.7. The summed E-state index contributed by atoms with van der Waals surface area (Å²) in [6.07, 6.45) is 4.92. The molecule has 0 saturated carbocycles. The third-order valence-corrected chi connectivity index (χ3v) is 6.04. The van der Waals surface area contributed by atoms with E-state index in [2.05, 4.69) is 48.2 Å². The van der Waals surface area contributed by atoms with E-state index in [1.807, 2.05) is 60.8 Å². The number of hydrogen-bond acceptors (Lipinski definition) is 5. The number of nitrogens with one attached hydrogen (secondary N) is 2. The van der Waals surface area contributed by atoms with Gasteiger partial charge in [-0.2, -0.15) is 0 Å². The minimum Gasteiger partial charge on any atom is -0.361 e. The molecule has 1 atom stereocenters. The number of nitrogens with two attached hydrogens (primary N) is 1. The van der Waals surface area contributed by atoms with Crippen LogP contribution in [0.3, 0.4) is 0 Å². The highest BCUT2D eigenvalue weighted by Crippen LogP contribution is 2.25. The Morgan fingerprint density at radius 3 is 2.60 bits per heavy atom. The predicted octanol–water partition coefficient (Wildman–Crippen LogP) is 3.15. The Morgan fingerprint density at radius 2 is 1.80 bits per heavy atom. The minimum atomic E-state index is -0.411. The van der Waals surface area contributed by atoms with Crippen molar-refractivity contribution in [3.63, 3.8) is 0 Å². The Bertz CT molecular complexity index is 1410. The second-order valence-corrected chi connectivity index (χ2v) is 8.43. The normalized spacial score (nSPS) is 12.0. The number of carbonyl (C=O) groups excluding carboxylic acids is 1. The highest BCUT2D eigenvalue weighted by Gasteiger charge is 2.25. The van der Waals surface area contributed by atoms with Crippen LogP contribution in [0.4, 0.5) is 0 Å². The molecule has 0 unspecified atom stereocenters. The lowest BCUT2D eigenvalue weighted by Gasteiger charge is -2.20. The zero-order chi connectivity index (χ0) is 24.0. The van der Waals surface area contributed by atoms with Gasteiger partial charge >= 0.3 is 0 Å². The predicted molar refractivity (Wildman–Crippen MR) is 135 cm³/mol. The lowest BCUT2D eigenvalue weighted by atomic mass is 10.0. The van der Waals surface area contributed by atoms with Gasteiger partial charge in [0.2, 0.25) is 5.91 Å². The number of pyridine rings is 1. The van der Waals surface area contributed by atoms with Crippen molar-refractivity contribution in [2.24, 2.45) is 5.73 Å². The quantitative estimate of drug-likeness (QED) is 0.309. The molecule has 0 aliphatic heterocycles. The van der Waals surface area contributed by atoms with E-state index in [9.17, 15) is 4.79 Å². The summed E-state index contributed by atoms with van der Waals surface area (Å²) in [6.45, 7) is 0.393. The fourth-order valence-corrected chi connectivity index (χ4v) is 4.32. The Labute approximate surface area is 203 Å². The first-order chi connectivity index (χ1) is 17.2. The lowest BCUT2D eigenvalue weighted by molar-refractivity contribution is -0.120. The van der Waals surface area contributed by atoms with Crippen molar-refractivity contribution in [1.29, 1.82) is 0 Å². The van der Waals surface area contributed by atoms with Crippen molar-refractivity contribution in [1.82, 2.24) is 30.0 Å². The molecule has 0 aliphatic carbocycles. The first-order valence-electron chi connectivity index (χ1n) is 11.6. The molecular formula is C27H27N7O. The number of nitrogens with zero attached hydrogens (tertiary/aromatic N) is 4. The van der Waals surface area contributed by atoms with E-state index in [1.54, 1.807) is 6.20 Å². The molecule has 1 amide bonds. The molecule has 2 aromatic carbocycles. The monoisotopic (exact) mass is 465 g/mol. The topological polar surface area (TPSA) is 115 Å². The second-order valence-electron chi connectivity index (χ2n) is 8.43. The Hall–Kier alpha value is -4.30.